The number of carbonyl (C=O) groups is 1. The lowest BCUT2D eigenvalue weighted by molar-refractivity contribution is -0.139. The van der Waals surface area contributed by atoms with E-state index in [9.17, 15) is 9.59 Å². The molecule has 4 rings (SSSR count). The molecule has 0 spiro atoms. The zero-order chi connectivity index (χ0) is 21.6. The maximum atomic E-state index is 12.4. The Hall–Kier alpha value is -3.54. The minimum absolute atomic E-state index is 0.0915. The quantitative estimate of drug-likeness (QED) is 0.556. The summed E-state index contributed by atoms with van der Waals surface area (Å²) in [6, 6.07) is 20.9. The SMILES string of the molecule is Cc1cc(OC2CN(C(=O)CCc3ccc(OCc4ccccc4)cc3)C2)cc(=O)o1. The maximum Gasteiger partial charge on any atom is 0.339 e. The summed E-state index contributed by atoms with van der Waals surface area (Å²) in [7, 11) is 0. The first-order valence-corrected chi connectivity index (χ1v) is 10.4. The van der Waals surface area contributed by atoms with Crippen LogP contribution in [0.25, 0.3) is 0 Å². The predicted octanol–water partition coefficient (Wildman–Crippen LogP) is 3.75. The van der Waals surface area contributed by atoms with Gasteiger partial charge in [0.05, 0.1) is 19.2 Å². The number of hydrogen-bond donors (Lipinski definition) is 0. The number of likely N-dealkylation sites (tertiary alicyclic amines) is 1. The Labute approximate surface area is 181 Å². The molecule has 0 saturated carbocycles. The van der Waals surface area contributed by atoms with Gasteiger partial charge in [0.25, 0.3) is 0 Å². The van der Waals surface area contributed by atoms with E-state index >= 15 is 0 Å². The Kier molecular flexibility index (Phi) is 6.36. The topological polar surface area (TPSA) is 69.0 Å². The molecule has 1 aliphatic rings. The van der Waals surface area contributed by atoms with Crippen molar-refractivity contribution in [2.75, 3.05) is 13.1 Å². The molecule has 0 unspecified atom stereocenters. The molecule has 0 bridgehead atoms. The second-order valence-electron chi connectivity index (χ2n) is 7.68. The lowest BCUT2D eigenvalue weighted by atomic mass is 10.1. The molecule has 0 atom stereocenters. The Balaban J connectivity index is 1.18. The lowest BCUT2D eigenvalue weighted by Crippen LogP contribution is -2.56. The normalized spacial score (nSPS) is 13.5. The molecule has 31 heavy (non-hydrogen) atoms. The third-order valence-electron chi connectivity index (χ3n) is 5.17. The summed E-state index contributed by atoms with van der Waals surface area (Å²) in [5.74, 6) is 1.91. The summed E-state index contributed by atoms with van der Waals surface area (Å²) in [5, 5.41) is 0. The highest BCUT2D eigenvalue weighted by molar-refractivity contribution is 5.77. The van der Waals surface area contributed by atoms with Crippen molar-refractivity contribution in [3.05, 3.63) is 94.0 Å². The van der Waals surface area contributed by atoms with Crippen LogP contribution in [-0.4, -0.2) is 30.0 Å². The van der Waals surface area contributed by atoms with Gasteiger partial charge in [-0.05, 0) is 36.6 Å². The van der Waals surface area contributed by atoms with Crippen molar-refractivity contribution in [1.82, 2.24) is 4.90 Å². The van der Waals surface area contributed by atoms with E-state index in [1.807, 2.05) is 54.6 Å². The van der Waals surface area contributed by atoms with Crippen LogP contribution >= 0.6 is 0 Å². The van der Waals surface area contributed by atoms with Crippen molar-refractivity contribution in [2.24, 2.45) is 0 Å². The first-order valence-electron chi connectivity index (χ1n) is 10.4. The van der Waals surface area contributed by atoms with Crippen molar-refractivity contribution >= 4 is 5.91 Å². The molecule has 1 fully saturated rings. The summed E-state index contributed by atoms with van der Waals surface area (Å²) < 4.78 is 16.5. The Bertz CT molecular complexity index is 1070. The van der Waals surface area contributed by atoms with Crippen LogP contribution in [0, 0.1) is 6.92 Å². The van der Waals surface area contributed by atoms with Crippen molar-refractivity contribution in [1.29, 1.82) is 0 Å². The smallest absolute Gasteiger partial charge is 0.339 e. The highest BCUT2D eigenvalue weighted by Crippen LogP contribution is 2.20. The van der Waals surface area contributed by atoms with E-state index in [-0.39, 0.29) is 12.0 Å². The fraction of sp³-hybridized carbons (Fsp3) is 0.280. The summed E-state index contributed by atoms with van der Waals surface area (Å²) >= 11 is 0. The van der Waals surface area contributed by atoms with Crippen molar-refractivity contribution < 1.29 is 18.7 Å². The zero-order valence-electron chi connectivity index (χ0n) is 17.5. The van der Waals surface area contributed by atoms with E-state index in [1.54, 1.807) is 17.9 Å². The van der Waals surface area contributed by atoms with Crippen LogP contribution in [0.5, 0.6) is 11.5 Å². The van der Waals surface area contributed by atoms with Gasteiger partial charge in [0.2, 0.25) is 5.91 Å². The van der Waals surface area contributed by atoms with E-state index in [2.05, 4.69) is 0 Å². The van der Waals surface area contributed by atoms with E-state index in [0.29, 0.717) is 44.0 Å². The molecule has 0 N–H and O–H groups in total. The molecule has 1 saturated heterocycles. The molecule has 2 heterocycles. The number of rotatable bonds is 8. The summed E-state index contributed by atoms with van der Waals surface area (Å²) in [6.07, 6.45) is 1.04. The fourth-order valence-corrected chi connectivity index (χ4v) is 3.46. The highest BCUT2D eigenvalue weighted by atomic mass is 16.5. The molecule has 6 heteroatoms. The van der Waals surface area contributed by atoms with Gasteiger partial charge in [-0.2, -0.15) is 0 Å². The molecule has 2 aromatic carbocycles. The number of ether oxygens (including phenoxy) is 2. The van der Waals surface area contributed by atoms with Crippen LogP contribution in [-0.2, 0) is 17.8 Å². The second kappa shape index (κ2) is 9.51. The van der Waals surface area contributed by atoms with Crippen LogP contribution in [0.2, 0.25) is 0 Å². The lowest BCUT2D eigenvalue weighted by Gasteiger charge is -2.39. The van der Waals surface area contributed by atoms with Gasteiger partial charge in [-0.3, -0.25) is 4.79 Å². The minimum Gasteiger partial charge on any atom is -0.489 e. The molecule has 0 aliphatic carbocycles. The molecule has 1 aromatic heterocycles. The number of hydrogen-bond acceptors (Lipinski definition) is 5. The van der Waals surface area contributed by atoms with Crippen molar-refractivity contribution in [3.8, 4) is 11.5 Å². The zero-order valence-corrected chi connectivity index (χ0v) is 17.5. The van der Waals surface area contributed by atoms with Crippen LogP contribution in [0.4, 0.5) is 0 Å². The number of aryl methyl sites for hydroxylation is 2. The molecule has 1 aliphatic heterocycles. The monoisotopic (exact) mass is 419 g/mol. The molecular formula is C25H25NO5. The molecular weight excluding hydrogens is 394 g/mol. The molecule has 0 radical (unpaired) electrons. The second-order valence-corrected chi connectivity index (χ2v) is 7.68. The van der Waals surface area contributed by atoms with Gasteiger partial charge in [0.15, 0.2) is 0 Å². The van der Waals surface area contributed by atoms with Gasteiger partial charge >= 0.3 is 5.63 Å². The number of amides is 1. The average molecular weight is 419 g/mol. The standard InChI is InChI=1S/C25H25NO5/c1-18-13-22(14-25(28)30-18)31-23-15-26(16-23)24(27)12-9-19-7-10-21(11-8-19)29-17-20-5-3-2-4-6-20/h2-8,10-11,13-14,23H,9,12,15-17H2,1H3. The van der Waals surface area contributed by atoms with Gasteiger partial charge < -0.3 is 18.8 Å². The maximum absolute atomic E-state index is 12.4. The molecule has 3 aromatic rings. The van der Waals surface area contributed by atoms with Gasteiger partial charge in [-0.25, -0.2) is 4.79 Å². The largest absolute Gasteiger partial charge is 0.489 e. The van der Waals surface area contributed by atoms with E-state index in [0.717, 1.165) is 16.9 Å². The van der Waals surface area contributed by atoms with Gasteiger partial charge in [0.1, 0.15) is 30.0 Å². The number of benzene rings is 2. The van der Waals surface area contributed by atoms with E-state index < -0.39 is 5.63 Å². The summed E-state index contributed by atoms with van der Waals surface area (Å²) in [4.78, 5) is 25.6. The first kappa shape index (κ1) is 20.7. The van der Waals surface area contributed by atoms with Gasteiger partial charge in [0, 0.05) is 12.5 Å². The van der Waals surface area contributed by atoms with Gasteiger partial charge in [-0.15, -0.1) is 0 Å². The van der Waals surface area contributed by atoms with E-state index in [4.69, 9.17) is 13.9 Å². The first-order chi connectivity index (χ1) is 15.0. The van der Waals surface area contributed by atoms with Crippen LogP contribution < -0.4 is 15.1 Å². The average Bonchev–Trinajstić information content (AvgIpc) is 2.73. The van der Waals surface area contributed by atoms with Gasteiger partial charge in [-0.1, -0.05) is 42.5 Å². The van der Waals surface area contributed by atoms with Crippen LogP contribution in [0.3, 0.4) is 0 Å². The summed E-state index contributed by atoms with van der Waals surface area (Å²) in [6.45, 7) is 3.30. The number of nitrogens with zero attached hydrogens (tertiary/aromatic N) is 1. The number of carbonyl (C=O) groups excluding carboxylic acids is 1. The van der Waals surface area contributed by atoms with Crippen LogP contribution in [0.1, 0.15) is 23.3 Å². The molecule has 160 valence electrons. The Morgan fingerprint density at radius 3 is 2.45 bits per heavy atom. The highest BCUT2D eigenvalue weighted by Gasteiger charge is 2.32. The molecule has 6 nitrogen and oxygen atoms in total. The Morgan fingerprint density at radius 1 is 1.00 bits per heavy atom. The Morgan fingerprint density at radius 2 is 1.74 bits per heavy atom. The predicted molar refractivity (Wildman–Crippen MR) is 116 cm³/mol. The van der Waals surface area contributed by atoms with Crippen LogP contribution in [0.15, 0.2) is 75.9 Å². The van der Waals surface area contributed by atoms with Crippen molar-refractivity contribution in [2.45, 2.75) is 32.5 Å². The fourth-order valence-electron chi connectivity index (χ4n) is 3.46. The van der Waals surface area contributed by atoms with E-state index in [1.165, 1.54) is 6.07 Å². The van der Waals surface area contributed by atoms with Crippen molar-refractivity contribution in [3.63, 3.8) is 0 Å². The minimum atomic E-state index is -0.432. The third kappa shape index (κ3) is 5.75. The third-order valence-corrected chi connectivity index (χ3v) is 5.17. The molecule has 1 amide bonds. The summed E-state index contributed by atoms with van der Waals surface area (Å²) in [5.41, 5.74) is 1.79.